The van der Waals surface area contributed by atoms with Crippen LogP contribution in [0.25, 0.3) is 5.57 Å². The van der Waals surface area contributed by atoms with Gasteiger partial charge < -0.3 is 10.2 Å². The number of hydrogen-bond acceptors (Lipinski definition) is 7. The highest BCUT2D eigenvalue weighted by Gasteiger charge is 2.21. The zero-order valence-corrected chi connectivity index (χ0v) is 18.9. The molecular weight excluding hydrogens is 438 g/mol. The Bertz CT molecular complexity index is 1030. The van der Waals surface area contributed by atoms with Gasteiger partial charge in [-0.15, -0.1) is 11.3 Å². The number of carbonyl (C=O) groups is 1. The van der Waals surface area contributed by atoms with Gasteiger partial charge in [0, 0.05) is 17.5 Å². The molecule has 10 heteroatoms. The van der Waals surface area contributed by atoms with Crippen LogP contribution in [0.5, 0.6) is 0 Å². The van der Waals surface area contributed by atoms with Crippen LogP contribution >= 0.6 is 11.3 Å². The Hall–Kier alpha value is -2.11. The minimum absolute atomic E-state index is 0.140. The molecule has 0 aliphatic heterocycles. The molecule has 168 valence electrons. The van der Waals surface area contributed by atoms with Crippen LogP contribution in [0.4, 0.5) is 5.13 Å². The summed E-state index contributed by atoms with van der Waals surface area (Å²) in [6.45, 7) is 1.55. The number of nitrogens with zero attached hydrogens (tertiary/aromatic N) is 1. The second-order valence-corrected chi connectivity index (χ2v) is 10.0. The lowest BCUT2D eigenvalue weighted by Crippen LogP contribution is -2.23. The van der Waals surface area contributed by atoms with Gasteiger partial charge in [0.25, 0.3) is 5.91 Å². The average Bonchev–Trinajstić information content (AvgIpc) is 3.43. The molecule has 1 amide bonds. The summed E-state index contributed by atoms with van der Waals surface area (Å²) in [4.78, 5) is 17.4. The van der Waals surface area contributed by atoms with Gasteiger partial charge in [0.1, 0.15) is 6.10 Å². The van der Waals surface area contributed by atoms with Crippen LogP contribution in [0.1, 0.15) is 50.0 Å². The van der Waals surface area contributed by atoms with E-state index >= 15 is 0 Å². The standard InChI is InChI=1S/C21H27N3O5S2/c1-2-22-31(28,29)16-9-7-15(8-10-16)17(11-14-5-3-4-6-14)20(27)24-21-23-18(13-30-21)19(26)12-25/h7-11,13-14,19,22,25-26H,2-6,12H2,1H3,(H,23,24,27)/b17-11+. The molecule has 1 fully saturated rings. The van der Waals surface area contributed by atoms with Crippen LogP contribution in [-0.4, -0.2) is 42.7 Å². The van der Waals surface area contributed by atoms with E-state index < -0.39 is 22.7 Å². The highest BCUT2D eigenvalue weighted by Crippen LogP contribution is 2.30. The number of carbonyl (C=O) groups excluding carboxylic acids is 1. The molecule has 3 rings (SSSR count). The van der Waals surface area contributed by atoms with E-state index in [0.717, 1.165) is 37.0 Å². The fourth-order valence-corrected chi connectivity index (χ4v) is 5.30. The van der Waals surface area contributed by atoms with Crippen LogP contribution in [0.15, 0.2) is 40.6 Å². The average molecular weight is 466 g/mol. The second-order valence-electron chi connectivity index (χ2n) is 7.38. The lowest BCUT2D eigenvalue weighted by molar-refractivity contribution is -0.111. The minimum atomic E-state index is -3.57. The summed E-state index contributed by atoms with van der Waals surface area (Å²) in [5.74, 6) is -0.0671. The summed E-state index contributed by atoms with van der Waals surface area (Å²) < 4.78 is 26.8. The molecule has 31 heavy (non-hydrogen) atoms. The Morgan fingerprint density at radius 1 is 1.29 bits per heavy atom. The number of benzene rings is 1. The first-order valence-corrected chi connectivity index (χ1v) is 12.6. The largest absolute Gasteiger partial charge is 0.393 e. The van der Waals surface area contributed by atoms with Gasteiger partial charge in [-0.2, -0.15) is 0 Å². The van der Waals surface area contributed by atoms with E-state index in [4.69, 9.17) is 5.11 Å². The van der Waals surface area contributed by atoms with Crippen molar-refractivity contribution >= 4 is 38.0 Å². The predicted octanol–water partition coefficient (Wildman–Crippen LogP) is 2.68. The number of amides is 1. The van der Waals surface area contributed by atoms with Gasteiger partial charge in [-0.25, -0.2) is 18.1 Å². The SMILES string of the molecule is CCNS(=O)(=O)c1ccc(/C(=C\C2CCCC2)C(=O)Nc2nc(C(O)CO)cs2)cc1. The van der Waals surface area contributed by atoms with Crippen molar-refractivity contribution < 1.29 is 23.4 Å². The van der Waals surface area contributed by atoms with Crippen molar-refractivity contribution in [1.29, 1.82) is 0 Å². The summed E-state index contributed by atoms with van der Waals surface area (Å²) in [7, 11) is -3.57. The predicted molar refractivity (Wildman–Crippen MR) is 120 cm³/mol. The monoisotopic (exact) mass is 465 g/mol. The zero-order valence-electron chi connectivity index (χ0n) is 17.2. The van der Waals surface area contributed by atoms with E-state index in [1.54, 1.807) is 24.4 Å². The molecule has 1 aromatic heterocycles. The number of rotatable bonds is 9. The van der Waals surface area contributed by atoms with Crippen LogP contribution in [0.2, 0.25) is 0 Å². The van der Waals surface area contributed by atoms with Gasteiger partial charge in [-0.05, 0) is 36.5 Å². The highest BCUT2D eigenvalue weighted by molar-refractivity contribution is 7.89. The van der Waals surface area contributed by atoms with Crippen molar-refractivity contribution in [3.8, 4) is 0 Å². The normalized spacial score (nSPS) is 16.4. The van der Waals surface area contributed by atoms with Crippen molar-refractivity contribution in [2.45, 2.75) is 43.6 Å². The van der Waals surface area contributed by atoms with Gasteiger partial charge in [0.05, 0.1) is 17.2 Å². The molecule has 1 unspecified atom stereocenters. The maximum absolute atomic E-state index is 13.1. The first-order chi connectivity index (χ1) is 14.8. The fraction of sp³-hybridized carbons (Fsp3) is 0.429. The molecule has 1 saturated carbocycles. The molecule has 1 aliphatic carbocycles. The molecule has 1 aromatic carbocycles. The molecule has 0 radical (unpaired) electrons. The summed E-state index contributed by atoms with van der Waals surface area (Å²) in [6, 6.07) is 6.24. The summed E-state index contributed by atoms with van der Waals surface area (Å²) >= 11 is 1.16. The van der Waals surface area contributed by atoms with Crippen molar-refractivity contribution in [2.24, 2.45) is 5.92 Å². The number of thiazole rings is 1. The lowest BCUT2D eigenvalue weighted by atomic mass is 9.98. The molecule has 0 spiro atoms. The number of aromatic nitrogens is 1. The Morgan fingerprint density at radius 3 is 2.58 bits per heavy atom. The third-order valence-electron chi connectivity index (χ3n) is 5.11. The van der Waals surface area contributed by atoms with E-state index in [-0.39, 0.29) is 16.7 Å². The Morgan fingerprint density at radius 2 is 1.97 bits per heavy atom. The number of sulfonamides is 1. The highest BCUT2D eigenvalue weighted by atomic mass is 32.2. The van der Waals surface area contributed by atoms with Gasteiger partial charge in [-0.3, -0.25) is 10.1 Å². The van der Waals surface area contributed by atoms with Crippen LogP contribution in [0, 0.1) is 5.92 Å². The van der Waals surface area contributed by atoms with E-state index in [1.165, 1.54) is 12.1 Å². The second kappa shape index (κ2) is 10.5. The maximum atomic E-state index is 13.1. The third-order valence-corrected chi connectivity index (χ3v) is 7.45. The minimum Gasteiger partial charge on any atom is -0.393 e. The molecule has 0 bridgehead atoms. The van der Waals surface area contributed by atoms with Crippen molar-refractivity contribution in [3.05, 3.63) is 47.0 Å². The zero-order chi connectivity index (χ0) is 22.4. The Labute approximate surface area is 186 Å². The van der Waals surface area contributed by atoms with E-state index in [0.29, 0.717) is 28.5 Å². The number of hydrogen-bond donors (Lipinski definition) is 4. The molecule has 4 N–H and O–H groups in total. The summed E-state index contributed by atoms with van der Waals surface area (Å²) in [6.07, 6.45) is 5.10. The number of aliphatic hydroxyl groups is 2. The fourth-order valence-electron chi connectivity index (χ4n) is 3.50. The topological polar surface area (TPSA) is 129 Å². The van der Waals surface area contributed by atoms with Crippen LogP contribution in [-0.2, 0) is 14.8 Å². The quantitative estimate of drug-likeness (QED) is 0.422. The van der Waals surface area contributed by atoms with Crippen molar-refractivity contribution in [3.63, 3.8) is 0 Å². The third kappa shape index (κ3) is 5.98. The first-order valence-electron chi connectivity index (χ1n) is 10.2. The Kier molecular flexibility index (Phi) is 7.95. The number of aliphatic hydroxyl groups excluding tert-OH is 2. The number of allylic oxidation sites excluding steroid dienone is 1. The van der Waals surface area contributed by atoms with Crippen LogP contribution in [0.3, 0.4) is 0 Å². The van der Waals surface area contributed by atoms with Crippen LogP contribution < -0.4 is 10.0 Å². The maximum Gasteiger partial charge on any atom is 0.257 e. The molecule has 8 nitrogen and oxygen atoms in total. The van der Waals surface area contributed by atoms with Gasteiger partial charge >= 0.3 is 0 Å². The Balaban J connectivity index is 1.86. The smallest absolute Gasteiger partial charge is 0.257 e. The summed E-state index contributed by atoms with van der Waals surface area (Å²) in [5, 5.41) is 23.4. The lowest BCUT2D eigenvalue weighted by Gasteiger charge is -2.12. The van der Waals surface area contributed by atoms with Gasteiger partial charge in [0.2, 0.25) is 10.0 Å². The van der Waals surface area contributed by atoms with Crippen molar-refractivity contribution in [1.82, 2.24) is 9.71 Å². The summed E-state index contributed by atoms with van der Waals surface area (Å²) in [5.41, 5.74) is 1.37. The van der Waals surface area contributed by atoms with E-state index in [2.05, 4.69) is 15.0 Å². The molecule has 2 aromatic rings. The van der Waals surface area contributed by atoms with E-state index in [9.17, 15) is 18.3 Å². The van der Waals surface area contributed by atoms with Gasteiger partial charge in [0.15, 0.2) is 5.13 Å². The molecule has 1 aliphatic rings. The van der Waals surface area contributed by atoms with E-state index in [1.807, 2.05) is 6.08 Å². The van der Waals surface area contributed by atoms with Crippen molar-refractivity contribution in [2.75, 3.05) is 18.5 Å². The number of anilines is 1. The molecular formula is C21H27N3O5S2. The van der Waals surface area contributed by atoms with Gasteiger partial charge in [-0.1, -0.05) is 38.0 Å². The molecule has 0 saturated heterocycles. The molecule has 1 atom stereocenters. The first kappa shape index (κ1) is 23.6. The number of nitrogens with one attached hydrogen (secondary N) is 2. The molecule has 1 heterocycles.